The SMILES string of the molecule is CC1(NC(=O)Nc2ccc(C(=O)O)cc2)CCS(=O)(=O)C1. The molecule has 0 bridgehead atoms. The van der Waals surface area contributed by atoms with Gasteiger partial charge in [0, 0.05) is 5.69 Å². The molecule has 0 aliphatic carbocycles. The average molecular weight is 312 g/mol. The standard InChI is InChI=1S/C13H16N2O5S/c1-13(6-7-21(19,20)8-13)15-12(18)14-10-4-2-9(3-5-10)11(16)17/h2-5H,6-8H2,1H3,(H,16,17)(H2,14,15,18). The Labute approximate surface area is 122 Å². The number of hydrogen-bond acceptors (Lipinski definition) is 4. The van der Waals surface area contributed by atoms with E-state index in [4.69, 9.17) is 5.11 Å². The van der Waals surface area contributed by atoms with Crippen LogP contribution in [0.2, 0.25) is 0 Å². The third-order valence-electron chi connectivity index (χ3n) is 3.31. The molecule has 0 radical (unpaired) electrons. The van der Waals surface area contributed by atoms with Gasteiger partial charge in [0.2, 0.25) is 0 Å². The summed E-state index contributed by atoms with van der Waals surface area (Å²) in [6.45, 7) is 1.69. The quantitative estimate of drug-likeness (QED) is 0.773. The monoisotopic (exact) mass is 312 g/mol. The Balaban J connectivity index is 1.97. The van der Waals surface area contributed by atoms with Gasteiger partial charge in [-0.15, -0.1) is 0 Å². The van der Waals surface area contributed by atoms with E-state index in [0.717, 1.165) is 0 Å². The highest BCUT2D eigenvalue weighted by Gasteiger charge is 2.39. The highest BCUT2D eigenvalue weighted by molar-refractivity contribution is 7.91. The summed E-state index contributed by atoms with van der Waals surface area (Å²) in [5.41, 5.74) is -0.221. The zero-order valence-corrected chi connectivity index (χ0v) is 12.2. The number of anilines is 1. The molecule has 7 nitrogen and oxygen atoms in total. The van der Waals surface area contributed by atoms with Crippen LogP contribution in [0.5, 0.6) is 0 Å². The molecule has 1 saturated heterocycles. The van der Waals surface area contributed by atoms with Crippen LogP contribution in [0.4, 0.5) is 10.5 Å². The molecule has 0 spiro atoms. The smallest absolute Gasteiger partial charge is 0.335 e. The summed E-state index contributed by atoms with van der Waals surface area (Å²) in [5.74, 6) is -1.06. The number of amides is 2. The zero-order valence-electron chi connectivity index (χ0n) is 11.4. The minimum absolute atomic E-state index is 0.0666. The number of rotatable bonds is 3. The van der Waals surface area contributed by atoms with Gasteiger partial charge >= 0.3 is 12.0 Å². The van der Waals surface area contributed by atoms with Gasteiger partial charge < -0.3 is 15.7 Å². The second kappa shape index (κ2) is 5.36. The number of carboxylic acid groups (broad SMARTS) is 1. The van der Waals surface area contributed by atoms with Gasteiger partial charge in [-0.2, -0.15) is 0 Å². The summed E-state index contributed by atoms with van der Waals surface area (Å²) >= 11 is 0. The third kappa shape index (κ3) is 3.94. The van der Waals surface area contributed by atoms with E-state index in [-0.39, 0.29) is 17.1 Å². The fourth-order valence-electron chi connectivity index (χ4n) is 2.24. The Morgan fingerprint density at radius 1 is 1.24 bits per heavy atom. The van der Waals surface area contributed by atoms with E-state index in [0.29, 0.717) is 12.1 Å². The Morgan fingerprint density at radius 2 is 1.86 bits per heavy atom. The van der Waals surface area contributed by atoms with Crippen molar-refractivity contribution in [3.8, 4) is 0 Å². The summed E-state index contributed by atoms with van der Waals surface area (Å²) in [4.78, 5) is 22.6. The molecular weight excluding hydrogens is 296 g/mol. The predicted molar refractivity (Wildman–Crippen MR) is 77.2 cm³/mol. The van der Waals surface area contributed by atoms with Gasteiger partial charge in [-0.25, -0.2) is 18.0 Å². The number of hydrogen-bond donors (Lipinski definition) is 3. The first-order valence-electron chi connectivity index (χ1n) is 6.32. The largest absolute Gasteiger partial charge is 0.478 e. The lowest BCUT2D eigenvalue weighted by Gasteiger charge is -2.24. The van der Waals surface area contributed by atoms with E-state index in [9.17, 15) is 18.0 Å². The van der Waals surface area contributed by atoms with Crippen LogP contribution < -0.4 is 10.6 Å². The second-order valence-electron chi connectivity index (χ2n) is 5.36. The molecule has 1 aliphatic heterocycles. The lowest BCUT2D eigenvalue weighted by Crippen LogP contribution is -2.48. The molecule has 8 heteroatoms. The number of carboxylic acids is 1. The molecule has 1 heterocycles. The normalized spacial score (nSPS) is 23.5. The molecule has 114 valence electrons. The van der Waals surface area contributed by atoms with Crippen molar-refractivity contribution in [1.29, 1.82) is 0 Å². The Kier molecular flexibility index (Phi) is 3.91. The van der Waals surface area contributed by atoms with Crippen LogP contribution >= 0.6 is 0 Å². The Bertz CT molecular complexity index is 668. The van der Waals surface area contributed by atoms with Gasteiger partial charge in [0.05, 0.1) is 22.6 Å². The summed E-state index contributed by atoms with van der Waals surface area (Å²) in [6, 6.07) is 5.17. The van der Waals surface area contributed by atoms with Crippen LogP contribution in [-0.2, 0) is 9.84 Å². The topological polar surface area (TPSA) is 113 Å². The Morgan fingerprint density at radius 3 is 2.33 bits per heavy atom. The number of sulfone groups is 1. The van der Waals surface area contributed by atoms with E-state index in [1.54, 1.807) is 6.92 Å². The summed E-state index contributed by atoms with van der Waals surface area (Å²) in [7, 11) is -3.10. The first-order valence-corrected chi connectivity index (χ1v) is 8.14. The molecule has 1 aromatic carbocycles. The number of benzene rings is 1. The van der Waals surface area contributed by atoms with E-state index in [1.165, 1.54) is 24.3 Å². The number of carbonyl (C=O) groups excluding carboxylic acids is 1. The molecule has 3 N–H and O–H groups in total. The van der Waals surface area contributed by atoms with Crippen molar-refractivity contribution in [2.24, 2.45) is 0 Å². The molecule has 1 aliphatic rings. The third-order valence-corrected chi connectivity index (χ3v) is 5.21. The minimum atomic E-state index is -3.10. The number of urea groups is 1. The first kappa shape index (κ1) is 15.3. The molecule has 0 saturated carbocycles. The summed E-state index contributed by atoms with van der Waals surface area (Å²) < 4.78 is 22.9. The highest BCUT2D eigenvalue weighted by Crippen LogP contribution is 2.23. The van der Waals surface area contributed by atoms with Crippen LogP contribution in [-0.4, -0.2) is 42.6 Å². The van der Waals surface area contributed by atoms with Crippen molar-refractivity contribution in [3.05, 3.63) is 29.8 Å². The van der Waals surface area contributed by atoms with Gasteiger partial charge in [0.1, 0.15) is 0 Å². The molecule has 2 amide bonds. The molecule has 1 atom stereocenters. The van der Waals surface area contributed by atoms with Gasteiger partial charge in [-0.1, -0.05) is 0 Å². The fourth-order valence-corrected chi connectivity index (χ4v) is 4.33. The van der Waals surface area contributed by atoms with Crippen LogP contribution in [0.15, 0.2) is 24.3 Å². The zero-order chi connectivity index (χ0) is 15.7. The summed E-state index contributed by atoms with van der Waals surface area (Å²) in [6.07, 6.45) is 0.376. The predicted octanol–water partition coefficient (Wildman–Crippen LogP) is 1.08. The van der Waals surface area contributed by atoms with E-state index < -0.39 is 27.4 Å². The lowest BCUT2D eigenvalue weighted by atomic mass is 10.0. The van der Waals surface area contributed by atoms with Crippen molar-refractivity contribution < 1.29 is 23.1 Å². The molecule has 21 heavy (non-hydrogen) atoms. The van der Waals surface area contributed by atoms with E-state index >= 15 is 0 Å². The van der Waals surface area contributed by atoms with Crippen LogP contribution in [0.1, 0.15) is 23.7 Å². The molecule has 2 rings (SSSR count). The first-order chi connectivity index (χ1) is 9.69. The molecule has 1 unspecified atom stereocenters. The van der Waals surface area contributed by atoms with Crippen molar-refractivity contribution >= 4 is 27.5 Å². The van der Waals surface area contributed by atoms with Crippen LogP contribution in [0.3, 0.4) is 0 Å². The van der Waals surface area contributed by atoms with Gasteiger partial charge in [0.25, 0.3) is 0 Å². The number of nitrogens with one attached hydrogen (secondary N) is 2. The second-order valence-corrected chi connectivity index (χ2v) is 7.55. The Hall–Kier alpha value is -2.09. The number of carbonyl (C=O) groups is 2. The van der Waals surface area contributed by atoms with Gasteiger partial charge in [-0.3, -0.25) is 0 Å². The van der Waals surface area contributed by atoms with E-state index in [1.807, 2.05) is 0 Å². The van der Waals surface area contributed by atoms with Crippen molar-refractivity contribution in [2.75, 3.05) is 16.8 Å². The molecule has 0 aromatic heterocycles. The van der Waals surface area contributed by atoms with Gasteiger partial charge in [0.15, 0.2) is 9.84 Å². The molecule has 1 fully saturated rings. The van der Waals surface area contributed by atoms with Crippen molar-refractivity contribution in [1.82, 2.24) is 5.32 Å². The summed E-state index contributed by atoms with van der Waals surface area (Å²) in [5, 5.41) is 14.0. The average Bonchev–Trinajstić information content (AvgIpc) is 2.63. The highest BCUT2D eigenvalue weighted by atomic mass is 32.2. The fraction of sp³-hybridized carbons (Fsp3) is 0.385. The number of aromatic carboxylic acids is 1. The van der Waals surface area contributed by atoms with Crippen molar-refractivity contribution in [2.45, 2.75) is 18.9 Å². The van der Waals surface area contributed by atoms with Crippen LogP contribution in [0.25, 0.3) is 0 Å². The molecular formula is C13H16N2O5S. The maximum atomic E-state index is 11.9. The molecule has 1 aromatic rings. The van der Waals surface area contributed by atoms with Gasteiger partial charge in [-0.05, 0) is 37.6 Å². The maximum absolute atomic E-state index is 11.9. The maximum Gasteiger partial charge on any atom is 0.335 e. The lowest BCUT2D eigenvalue weighted by molar-refractivity contribution is 0.0697. The van der Waals surface area contributed by atoms with E-state index in [2.05, 4.69) is 10.6 Å². The van der Waals surface area contributed by atoms with Crippen molar-refractivity contribution in [3.63, 3.8) is 0 Å². The van der Waals surface area contributed by atoms with Crippen LogP contribution in [0, 0.1) is 0 Å². The minimum Gasteiger partial charge on any atom is -0.478 e.